The summed E-state index contributed by atoms with van der Waals surface area (Å²) >= 11 is 3.39. The molecule has 0 radical (unpaired) electrons. The maximum absolute atomic E-state index is 8.46. The van der Waals surface area contributed by atoms with Crippen LogP contribution in [0.5, 0.6) is 5.75 Å². The Labute approximate surface area is 91.6 Å². The highest BCUT2D eigenvalue weighted by Crippen LogP contribution is 2.44. The number of nitriles is 1. The van der Waals surface area contributed by atoms with Gasteiger partial charge in [0.15, 0.2) is 6.61 Å². The van der Waals surface area contributed by atoms with Crippen molar-refractivity contribution in [3.05, 3.63) is 28.2 Å². The monoisotopic (exact) mass is 251 g/mol. The highest BCUT2D eigenvalue weighted by Gasteiger charge is 2.26. The molecule has 0 aliphatic heterocycles. The van der Waals surface area contributed by atoms with Crippen molar-refractivity contribution in [3.8, 4) is 11.8 Å². The van der Waals surface area contributed by atoms with Crippen molar-refractivity contribution in [2.45, 2.75) is 18.8 Å². The van der Waals surface area contributed by atoms with Crippen LogP contribution in [-0.4, -0.2) is 6.61 Å². The van der Waals surface area contributed by atoms with E-state index in [1.54, 1.807) is 0 Å². The van der Waals surface area contributed by atoms with Gasteiger partial charge in [0.05, 0.1) is 0 Å². The van der Waals surface area contributed by atoms with Gasteiger partial charge in [-0.2, -0.15) is 5.26 Å². The molecule has 14 heavy (non-hydrogen) atoms. The molecule has 0 spiro atoms. The van der Waals surface area contributed by atoms with Crippen molar-refractivity contribution in [2.24, 2.45) is 0 Å². The summed E-state index contributed by atoms with van der Waals surface area (Å²) in [5.74, 6) is 1.50. The van der Waals surface area contributed by atoms with Gasteiger partial charge >= 0.3 is 0 Å². The second kappa shape index (κ2) is 4.02. The minimum atomic E-state index is 0.121. The number of rotatable bonds is 3. The lowest BCUT2D eigenvalue weighted by Crippen LogP contribution is -1.97. The summed E-state index contributed by atoms with van der Waals surface area (Å²) in [5.41, 5.74) is 1.24. The Hall–Kier alpha value is -1.01. The summed E-state index contributed by atoms with van der Waals surface area (Å²) < 4.78 is 6.37. The average molecular weight is 252 g/mol. The molecule has 1 saturated carbocycles. The normalized spacial score (nSPS) is 14.9. The molecule has 0 heterocycles. The maximum Gasteiger partial charge on any atom is 0.174 e. The van der Waals surface area contributed by atoms with E-state index in [1.807, 2.05) is 18.2 Å². The van der Waals surface area contributed by atoms with Crippen molar-refractivity contribution in [1.29, 1.82) is 5.26 Å². The molecule has 3 heteroatoms. The first kappa shape index (κ1) is 9.54. The number of hydrogen-bond donors (Lipinski definition) is 0. The zero-order valence-corrected chi connectivity index (χ0v) is 9.25. The van der Waals surface area contributed by atoms with Crippen LogP contribution in [0, 0.1) is 11.3 Å². The Morgan fingerprint density at radius 3 is 2.93 bits per heavy atom. The number of ether oxygens (including phenoxy) is 1. The summed E-state index contributed by atoms with van der Waals surface area (Å²) in [4.78, 5) is 0. The molecule has 0 N–H and O–H groups in total. The molecule has 72 valence electrons. The fraction of sp³-hybridized carbons (Fsp3) is 0.364. The Kier molecular flexibility index (Phi) is 2.74. The smallest absolute Gasteiger partial charge is 0.174 e. The predicted octanol–water partition coefficient (Wildman–Crippen LogP) is 3.23. The Morgan fingerprint density at radius 2 is 2.29 bits per heavy atom. The first-order chi connectivity index (χ1) is 6.81. The van der Waals surface area contributed by atoms with E-state index < -0.39 is 0 Å². The van der Waals surface area contributed by atoms with Gasteiger partial charge in [-0.1, -0.05) is 22.0 Å². The number of benzene rings is 1. The van der Waals surface area contributed by atoms with Gasteiger partial charge in [-0.3, -0.25) is 0 Å². The zero-order valence-electron chi connectivity index (χ0n) is 7.66. The molecule has 1 aliphatic carbocycles. The lowest BCUT2D eigenvalue weighted by Gasteiger charge is -2.08. The van der Waals surface area contributed by atoms with E-state index in [0.29, 0.717) is 5.92 Å². The highest BCUT2D eigenvalue weighted by atomic mass is 79.9. The van der Waals surface area contributed by atoms with E-state index in [2.05, 4.69) is 22.0 Å². The van der Waals surface area contributed by atoms with Gasteiger partial charge in [0.25, 0.3) is 0 Å². The van der Waals surface area contributed by atoms with Crippen molar-refractivity contribution in [3.63, 3.8) is 0 Å². The van der Waals surface area contributed by atoms with Crippen molar-refractivity contribution < 1.29 is 4.74 Å². The van der Waals surface area contributed by atoms with E-state index in [9.17, 15) is 0 Å². The molecular formula is C11H10BrNO. The van der Waals surface area contributed by atoms with Crippen molar-refractivity contribution >= 4 is 15.9 Å². The van der Waals surface area contributed by atoms with Crippen LogP contribution in [0.25, 0.3) is 0 Å². The lowest BCUT2D eigenvalue weighted by atomic mass is 10.1. The summed E-state index contributed by atoms with van der Waals surface area (Å²) in [5, 5.41) is 8.46. The fourth-order valence-electron chi connectivity index (χ4n) is 1.47. The second-order valence-corrected chi connectivity index (χ2v) is 4.32. The van der Waals surface area contributed by atoms with Crippen LogP contribution in [0.3, 0.4) is 0 Å². The topological polar surface area (TPSA) is 33.0 Å². The van der Waals surface area contributed by atoms with E-state index in [-0.39, 0.29) is 6.61 Å². The number of nitrogens with zero attached hydrogens (tertiary/aromatic N) is 1. The molecule has 0 unspecified atom stereocenters. The molecule has 1 fully saturated rings. The van der Waals surface area contributed by atoms with Crippen LogP contribution in [0.2, 0.25) is 0 Å². The fourth-order valence-corrected chi connectivity index (χ4v) is 1.81. The van der Waals surface area contributed by atoms with E-state index in [4.69, 9.17) is 10.00 Å². The third-order valence-corrected chi connectivity index (χ3v) is 2.78. The van der Waals surface area contributed by atoms with Crippen LogP contribution in [-0.2, 0) is 0 Å². The van der Waals surface area contributed by atoms with Crippen molar-refractivity contribution in [2.75, 3.05) is 6.61 Å². The molecule has 2 nitrogen and oxygen atoms in total. The summed E-state index contributed by atoms with van der Waals surface area (Å²) in [6, 6.07) is 8.02. The predicted molar refractivity (Wildman–Crippen MR) is 57.2 cm³/mol. The van der Waals surface area contributed by atoms with Gasteiger partial charge in [0.1, 0.15) is 11.8 Å². The lowest BCUT2D eigenvalue weighted by molar-refractivity contribution is 0.364. The molecule has 0 saturated heterocycles. The maximum atomic E-state index is 8.46. The Bertz CT molecular complexity index is 379. The third kappa shape index (κ3) is 2.08. The average Bonchev–Trinajstić information content (AvgIpc) is 2.98. The van der Waals surface area contributed by atoms with Gasteiger partial charge in [0.2, 0.25) is 0 Å². The minimum Gasteiger partial charge on any atom is -0.478 e. The summed E-state index contributed by atoms with van der Waals surface area (Å²) in [7, 11) is 0. The van der Waals surface area contributed by atoms with Crippen LogP contribution >= 0.6 is 15.9 Å². The van der Waals surface area contributed by atoms with Crippen LogP contribution < -0.4 is 4.74 Å². The number of hydrogen-bond acceptors (Lipinski definition) is 2. The van der Waals surface area contributed by atoms with Crippen LogP contribution in [0.1, 0.15) is 24.3 Å². The molecule has 0 atom stereocenters. The molecule has 0 aromatic heterocycles. The zero-order chi connectivity index (χ0) is 9.97. The van der Waals surface area contributed by atoms with Gasteiger partial charge in [-0.25, -0.2) is 0 Å². The van der Waals surface area contributed by atoms with Gasteiger partial charge in [-0.05, 0) is 36.5 Å². The minimum absolute atomic E-state index is 0.121. The van der Waals surface area contributed by atoms with E-state index >= 15 is 0 Å². The number of halogens is 1. The molecule has 1 aromatic rings. The standard InChI is InChI=1S/C11H10BrNO/c12-9-3-4-10(8-1-2-8)11(7-9)14-6-5-13/h3-4,7-8H,1-2,6H2. The largest absolute Gasteiger partial charge is 0.478 e. The van der Waals surface area contributed by atoms with Crippen LogP contribution in [0.4, 0.5) is 0 Å². The highest BCUT2D eigenvalue weighted by molar-refractivity contribution is 9.10. The second-order valence-electron chi connectivity index (χ2n) is 3.40. The molecule has 1 aromatic carbocycles. The Morgan fingerprint density at radius 1 is 1.50 bits per heavy atom. The quantitative estimate of drug-likeness (QED) is 0.827. The Balaban J connectivity index is 2.24. The van der Waals surface area contributed by atoms with Gasteiger partial charge in [0, 0.05) is 4.47 Å². The molecule has 2 rings (SSSR count). The molecule has 0 amide bonds. The SMILES string of the molecule is N#CCOc1cc(Br)ccc1C1CC1. The van der Waals surface area contributed by atoms with Crippen molar-refractivity contribution in [1.82, 2.24) is 0 Å². The van der Waals surface area contributed by atoms with E-state index in [1.165, 1.54) is 18.4 Å². The van der Waals surface area contributed by atoms with Gasteiger partial charge in [-0.15, -0.1) is 0 Å². The van der Waals surface area contributed by atoms with Crippen LogP contribution in [0.15, 0.2) is 22.7 Å². The summed E-state index contributed by atoms with van der Waals surface area (Å²) in [6.45, 7) is 0.121. The molecule has 0 bridgehead atoms. The van der Waals surface area contributed by atoms with E-state index in [0.717, 1.165) is 10.2 Å². The molecular weight excluding hydrogens is 242 g/mol. The third-order valence-electron chi connectivity index (χ3n) is 2.29. The molecule has 1 aliphatic rings. The first-order valence-corrected chi connectivity index (χ1v) is 5.40. The first-order valence-electron chi connectivity index (χ1n) is 4.60. The summed E-state index contributed by atoms with van der Waals surface area (Å²) in [6.07, 6.45) is 2.48. The van der Waals surface area contributed by atoms with Gasteiger partial charge < -0.3 is 4.74 Å².